The number of Topliss-reactive ketones (excluding diaryl/α,β-unsaturated/α-hetero) is 1. The van der Waals surface area contributed by atoms with Crippen LogP contribution in [-0.2, 0) is 0 Å². The number of benzene rings is 1. The molecule has 0 atom stereocenters. The molecule has 0 aromatic heterocycles. The summed E-state index contributed by atoms with van der Waals surface area (Å²) < 4.78 is 0. The standard InChI is InChI=1S/C13H16ClN3O/c1-3-17(4-2)8-12(18)9-5-10(7-15)13(16)11(14)6-9/h5-6H,3-4,8,16H2,1-2H3. The van der Waals surface area contributed by atoms with Crippen molar-refractivity contribution in [2.24, 2.45) is 0 Å². The minimum Gasteiger partial charge on any atom is -0.396 e. The SMILES string of the molecule is CCN(CC)CC(=O)c1cc(Cl)c(N)c(C#N)c1. The van der Waals surface area contributed by atoms with Gasteiger partial charge in [-0.05, 0) is 25.2 Å². The van der Waals surface area contributed by atoms with E-state index < -0.39 is 0 Å². The highest BCUT2D eigenvalue weighted by Gasteiger charge is 2.14. The number of likely N-dealkylation sites (N-methyl/N-ethyl adjacent to an activating group) is 1. The molecular formula is C13H16ClN3O. The van der Waals surface area contributed by atoms with Crippen molar-refractivity contribution in [1.82, 2.24) is 4.90 Å². The first-order valence-corrected chi connectivity index (χ1v) is 6.15. The number of ketones is 1. The van der Waals surface area contributed by atoms with Gasteiger partial charge in [-0.15, -0.1) is 0 Å². The summed E-state index contributed by atoms with van der Waals surface area (Å²) in [5, 5.41) is 9.16. The molecule has 1 aromatic carbocycles. The minimum atomic E-state index is -0.0582. The molecule has 5 heteroatoms. The first-order chi connectivity index (χ1) is 8.53. The molecule has 96 valence electrons. The quantitative estimate of drug-likeness (QED) is 0.655. The lowest BCUT2D eigenvalue weighted by Crippen LogP contribution is -2.29. The molecule has 1 rings (SSSR count). The zero-order valence-electron chi connectivity index (χ0n) is 10.5. The van der Waals surface area contributed by atoms with Gasteiger partial charge < -0.3 is 5.73 Å². The second-order valence-electron chi connectivity index (χ2n) is 3.92. The van der Waals surface area contributed by atoms with Crippen LogP contribution in [0.2, 0.25) is 5.02 Å². The van der Waals surface area contributed by atoms with Crippen molar-refractivity contribution in [2.75, 3.05) is 25.4 Å². The number of nitriles is 1. The molecule has 0 unspecified atom stereocenters. The van der Waals surface area contributed by atoms with Crippen molar-refractivity contribution < 1.29 is 4.79 Å². The Morgan fingerprint density at radius 1 is 1.44 bits per heavy atom. The molecule has 0 aliphatic carbocycles. The summed E-state index contributed by atoms with van der Waals surface area (Å²) in [6.07, 6.45) is 0. The van der Waals surface area contributed by atoms with Crippen LogP contribution in [0, 0.1) is 11.3 Å². The first kappa shape index (κ1) is 14.5. The lowest BCUT2D eigenvalue weighted by molar-refractivity contribution is 0.0937. The third kappa shape index (κ3) is 3.22. The van der Waals surface area contributed by atoms with Crippen LogP contribution in [0.3, 0.4) is 0 Å². The van der Waals surface area contributed by atoms with E-state index in [4.69, 9.17) is 22.6 Å². The molecule has 0 radical (unpaired) electrons. The molecule has 4 nitrogen and oxygen atoms in total. The van der Waals surface area contributed by atoms with E-state index in [9.17, 15) is 4.79 Å². The van der Waals surface area contributed by atoms with E-state index in [-0.39, 0.29) is 22.1 Å². The molecule has 0 fully saturated rings. The van der Waals surface area contributed by atoms with Gasteiger partial charge in [-0.1, -0.05) is 25.4 Å². The van der Waals surface area contributed by atoms with E-state index in [2.05, 4.69) is 0 Å². The number of anilines is 1. The van der Waals surface area contributed by atoms with Crippen LogP contribution < -0.4 is 5.73 Å². The number of carbonyl (C=O) groups is 1. The summed E-state index contributed by atoms with van der Waals surface area (Å²) in [6.45, 7) is 5.91. The maximum atomic E-state index is 12.1. The highest BCUT2D eigenvalue weighted by molar-refractivity contribution is 6.33. The summed E-state index contributed by atoms with van der Waals surface area (Å²) in [5.41, 5.74) is 6.53. The fourth-order valence-corrected chi connectivity index (χ4v) is 1.83. The largest absolute Gasteiger partial charge is 0.396 e. The van der Waals surface area contributed by atoms with Crippen molar-refractivity contribution in [3.05, 3.63) is 28.3 Å². The normalized spacial score (nSPS) is 10.4. The number of nitrogen functional groups attached to an aromatic ring is 1. The maximum absolute atomic E-state index is 12.1. The van der Waals surface area contributed by atoms with Gasteiger partial charge in [0.15, 0.2) is 5.78 Å². The second-order valence-corrected chi connectivity index (χ2v) is 4.32. The molecule has 0 saturated heterocycles. The van der Waals surface area contributed by atoms with Crippen LogP contribution in [0.25, 0.3) is 0 Å². The summed E-state index contributed by atoms with van der Waals surface area (Å²) in [5.74, 6) is -0.0582. The number of carbonyl (C=O) groups excluding carboxylic acids is 1. The zero-order valence-corrected chi connectivity index (χ0v) is 11.3. The van der Waals surface area contributed by atoms with E-state index in [0.29, 0.717) is 12.1 Å². The van der Waals surface area contributed by atoms with Crippen LogP contribution in [0.15, 0.2) is 12.1 Å². The van der Waals surface area contributed by atoms with E-state index in [0.717, 1.165) is 13.1 Å². The van der Waals surface area contributed by atoms with Crippen LogP contribution in [-0.4, -0.2) is 30.3 Å². The summed E-state index contributed by atoms with van der Waals surface area (Å²) in [7, 11) is 0. The zero-order chi connectivity index (χ0) is 13.7. The molecule has 0 bridgehead atoms. The first-order valence-electron chi connectivity index (χ1n) is 5.78. The van der Waals surface area contributed by atoms with Gasteiger partial charge in [0.05, 0.1) is 22.8 Å². The number of nitrogens with two attached hydrogens (primary N) is 1. The van der Waals surface area contributed by atoms with Gasteiger partial charge in [0, 0.05) is 5.56 Å². The summed E-state index contributed by atoms with van der Waals surface area (Å²) in [6, 6.07) is 4.95. The van der Waals surface area contributed by atoms with Gasteiger partial charge in [-0.3, -0.25) is 9.69 Å². The predicted octanol–water partition coefficient (Wildman–Crippen LogP) is 2.32. The van der Waals surface area contributed by atoms with Crippen molar-refractivity contribution in [1.29, 1.82) is 5.26 Å². The Kier molecular flexibility index (Phi) is 5.14. The van der Waals surface area contributed by atoms with Crippen LogP contribution in [0.1, 0.15) is 29.8 Å². The molecule has 0 aliphatic heterocycles. The van der Waals surface area contributed by atoms with E-state index in [1.54, 1.807) is 0 Å². The average Bonchev–Trinajstić information content (AvgIpc) is 2.38. The number of hydrogen-bond donors (Lipinski definition) is 1. The molecule has 0 spiro atoms. The van der Waals surface area contributed by atoms with Gasteiger partial charge in [-0.2, -0.15) is 5.26 Å². The fraction of sp³-hybridized carbons (Fsp3) is 0.385. The second kappa shape index (κ2) is 6.39. The Morgan fingerprint density at radius 3 is 2.56 bits per heavy atom. The predicted molar refractivity (Wildman–Crippen MR) is 72.7 cm³/mol. The molecule has 18 heavy (non-hydrogen) atoms. The van der Waals surface area contributed by atoms with Crippen LogP contribution in [0.4, 0.5) is 5.69 Å². The van der Waals surface area contributed by atoms with Crippen molar-refractivity contribution in [3.63, 3.8) is 0 Å². The lowest BCUT2D eigenvalue weighted by atomic mass is 10.1. The minimum absolute atomic E-state index is 0.0582. The Hall–Kier alpha value is -1.57. The summed E-state index contributed by atoms with van der Waals surface area (Å²) >= 11 is 5.90. The monoisotopic (exact) mass is 265 g/mol. The molecular weight excluding hydrogens is 250 g/mol. The molecule has 2 N–H and O–H groups in total. The van der Waals surface area contributed by atoms with Gasteiger partial charge >= 0.3 is 0 Å². The maximum Gasteiger partial charge on any atom is 0.176 e. The molecule has 0 saturated carbocycles. The number of rotatable bonds is 5. The van der Waals surface area contributed by atoms with Crippen molar-refractivity contribution in [3.8, 4) is 6.07 Å². The van der Waals surface area contributed by atoms with Crippen molar-refractivity contribution >= 4 is 23.1 Å². The Bertz CT molecular complexity index is 490. The van der Waals surface area contributed by atoms with Crippen LogP contribution >= 0.6 is 11.6 Å². The number of halogens is 1. The Morgan fingerprint density at radius 2 is 2.06 bits per heavy atom. The topological polar surface area (TPSA) is 70.1 Å². The number of hydrogen-bond acceptors (Lipinski definition) is 4. The molecule has 0 amide bonds. The van der Waals surface area contributed by atoms with Gasteiger partial charge in [-0.25, -0.2) is 0 Å². The van der Waals surface area contributed by atoms with Crippen molar-refractivity contribution in [2.45, 2.75) is 13.8 Å². The van der Waals surface area contributed by atoms with Gasteiger partial charge in [0.25, 0.3) is 0 Å². The van der Waals surface area contributed by atoms with E-state index in [1.807, 2.05) is 24.8 Å². The van der Waals surface area contributed by atoms with Crippen LogP contribution in [0.5, 0.6) is 0 Å². The van der Waals surface area contributed by atoms with Gasteiger partial charge in [0.1, 0.15) is 6.07 Å². The average molecular weight is 266 g/mol. The Balaban J connectivity index is 3.01. The lowest BCUT2D eigenvalue weighted by Gasteiger charge is -2.17. The third-order valence-corrected chi connectivity index (χ3v) is 3.15. The molecule has 1 aromatic rings. The van der Waals surface area contributed by atoms with Gasteiger partial charge in [0.2, 0.25) is 0 Å². The Labute approximate surface area is 112 Å². The van der Waals surface area contributed by atoms with E-state index in [1.165, 1.54) is 12.1 Å². The fourth-order valence-electron chi connectivity index (χ4n) is 1.61. The number of nitrogens with zero attached hydrogens (tertiary/aromatic N) is 2. The molecule has 0 aliphatic rings. The smallest absolute Gasteiger partial charge is 0.176 e. The van der Waals surface area contributed by atoms with E-state index >= 15 is 0 Å². The highest BCUT2D eigenvalue weighted by Crippen LogP contribution is 2.24. The summed E-state index contributed by atoms with van der Waals surface area (Å²) in [4.78, 5) is 14.1. The highest BCUT2D eigenvalue weighted by atomic mass is 35.5. The molecule has 0 heterocycles. The third-order valence-electron chi connectivity index (χ3n) is 2.83.